The molecule has 0 radical (unpaired) electrons. The van der Waals surface area contributed by atoms with Crippen LogP contribution in [0.3, 0.4) is 0 Å². The quantitative estimate of drug-likeness (QED) is 0.741. The normalized spacial score (nSPS) is 24.9. The number of rotatable bonds is 4. The maximum absolute atomic E-state index is 5.90. The fourth-order valence-electron chi connectivity index (χ4n) is 1.86. The Labute approximate surface area is 87.6 Å². The molecule has 0 amide bonds. The molecular weight excluding hydrogens is 176 g/mol. The van der Waals surface area contributed by atoms with Crippen LogP contribution in [0.4, 0.5) is 0 Å². The Morgan fingerprint density at radius 3 is 2.79 bits per heavy atom. The number of morpholine rings is 1. The molecule has 1 aliphatic heterocycles. The lowest BCUT2D eigenvalue weighted by Gasteiger charge is -2.38. The van der Waals surface area contributed by atoms with Crippen molar-refractivity contribution in [2.24, 2.45) is 5.73 Å². The fraction of sp³-hybridized carbons (Fsp3) is 1.00. The summed E-state index contributed by atoms with van der Waals surface area (Å²) >= 11 is 0. The van der Waals surface area contributed by atoms with Gasteiger partial charge < -0.3 is 10.5 Å². The summed E-state index contributed by atoms with van der Waals surface area (Å²) in [5.41, 5.74) is 5.92. The molecule has 3 nitrogen and oxygen atoms in total. The second-order valence-corrected chi connectivity index (χ2v) is 4.84. The summed E-state index contributed by atoms with van der Waals surface area (Å²) in [5, 5.41) is 0. The van der Waals surface area contributed by atoms with Crippen molar-refractivity contribution in [3.63, 3.8) is 0 Å². The van der Waals surface area contributed by atoms with Gasteiger partial charge in [-0.25, -0.2) is 0 Å². The molecule has 0 spiro atoms. The van der Waals surface area contributed by atoms with Crippen LogP contribution in [0, 0.1) is 0 Å². The fourth-order valence-corrected chi connectivity index (χ4v) is 1.86. The van der Waals surface area contributed by atoms with Gasteiger partial charge in [0.15, 0.2) is 0 Å². The summed E-state index contributed by atoms with van der Waals surface area (Å²) in [4.78, 5) is 2.46. The van der Waals surface area contributed by atoms with Gasteiger partial charge >= 0.3 is 0 Å². The van der Waals surface area contributed by atoms with Gasteiger partial charge in [-0.05, 0) is 33.2 Å². The monoisotopic (exact) mass is 200 g/mol. The molecule has 1 rings (SSSR count). The Morgan fingerprint density at radius 2 is 2.21 bits per heavy atom. The number of hydrogen-bond donors (Lipinski definition) is 1. The van der Waals surface area contributed by atoms with Crippen LogP contribution in [0.2, 0.25) is 0 Å². The Morgan fingerprint density at radius 1 is 1.50 bits per heavy atom. The van der Waals surface area contributed by atoms with Crippen LogP contribution in [0.25, 0.3) is 0 Å². The van der Waals surface area contributed by atoms with Crippen molar-refractivity contribution in [1.29, 1.82) is 0 Å². The largest absolute Gasteiger partial charge is 0.373 e. The van der Waals surface area contributed by atoms with Crippen LogP contribution in [0.1, 0.15) is 33.6 Å². The molecule has 0 aromatic carbocycles. The first kappa shape index (κ1) is 12.0. The summed E-state index contributed by atoms with van der Waals surface area (Å²) in [6.07, 6.45) is 2.18. The highest BCUT2D eigenvalue weighted by atomic mass is 16.5. The van der Waals surface area contributed by atoms with Gasteiger partial charge in [-0.15, -0.1) is 0 Å². The molecule has 1 unspecified atom stereocenters. The van der Waals surface area contributed by atoms with E-state index in [9.17, 15) is 0 Å². The molecule has 14 heavy (non-hydrogen) atoms. The van der Waals surface area contributed by atoms with E-state index in [-0.39, 0.29) is 5.60 Å². The van der Waals surface area contributed by atoms with Gasteiger partial charge in [0.1, 0.15) is 0 Å². The van der Waals surface area contributed by atoms with E-state index in [4.69, 9.17) is 10.5 Å². The summed E-state index contributed by atoms with van der Waals surface area (Å²) in [5.74, 6) is 0. The third-order valence-electron chi connectivity index (χ3n) is 2.85. The lowest BCUT2D eigenvalue weighted by Crippen LogP contribution is -2.49. The topological polar surface area (TPSA) is 38.5 Å². The molecule has 1 heterocycles. The van der Waals surface area contributed by atoms with Gasteiger partial charge in [0, 0.05) is 19.1 Å². The number of hydrogen-bond acceptors (Lipinski definition) is 3. The second-order valence-electron chi connectivity index (χ2n) is 4.84. The number of nitrogens with two attached hydrogens (primary N) is 1. The molecular formula is C11H24N2O. The van der Waals surface area contributed by atoms with E-state index in [0.29, 0.717) is 6.04 Å². The number of nitrogens with zero attached hydrogens (tertiary/aromatic N) is 1. The van der Waals surface area contributed by atoms with Gasteiger partial charge in [-0.2, -0.15) is 0 Å². The van der Waals surface area contributed by atoms with Gasteiger partial charge in [0.05, 0.1) is 12.2 Å². The van der Waals surface area contributed by atoms with E-state index < -0.39 is 0 Å². The van der Waals surface area contributed by atoms with E-state index in [1.807, 2.05) is 0 Å². The maximum atomic E-state index is 5.90. The van der Waals surface area contributed by atoms with E-state index in [1.165, 1.54) is 0 Å². The van der Waals surface area contributed by atoms with E-state index in [1.54, 1.807) is 0 Å². The van der Waals surface area contributed by atoms with Gasteiger partial charge in [0.2, 0.25) is 0 Å². The molecule has 2 N–H and O–H groups in total. The highest BCUT2D eigenvalue weighted by Crippen LogP contribution is 2.16. The average molecular weight is 200 g/mol. The van der Waals surface area contributed by atoms with Crippen LogP contribution >= 0.6 is 0 Å². The standard InChI is InChI=1S/C11H24N2O/c1-4-10(12)5-6-13-7-8-14-11(2,3)9-13/h10H,4-9,12H2,1-3H3. The predicted molar refractivity (Wildman–Crippen MR) is 59.4 cm³/mol. The van der Waals surface area contributed by atoms with Crippen molar-refractivity contribution < 1.29 is 4.74 Å². The molecule has 1 atom stereocenters. The predicted octanol–water partition coefficient (Wildman–Crippen LogP) is 1.22. The van der Waals surface area contributed by atoms with Crippen LogP contribution in [-0.2, 0) is 4.74 Å². The van der Waals surface area contributed by atoms with Crippen LogP contribution < -0.4 is 5.73 Å². The van der Waals surface area contributed by atoms with Crippen molar-refractivity contribution in [1.82, 2.24) is 4.90 Å². The molecule has 1 fully saturated rings. The summed E-state index contributed by atoms with van der Waals surface area (Å²) in [6.45, 7) is 10.5. The van der Waals surface area contributed by atoms with E-state index in [2.05, 4.69) is 25.7 Å². The highest BCUT2D eigenvalue weighted by Gasteiger charge is 2.26. The van der Waals surface area contributed by atoms with E-state index in [0.717, 1.165) is 39.1 Å². The SMILES string of the molecule is CCC(N)CCN1CCOC(C)(C)C1. The Balaban J connectivity index is 2.24. The molecule has 3 heteroatoms. The first-order valence-corrected chi connectivity index (χ1v) is 5.65. The van der Waals surface area contributed by atoms with Crippen molar-refractivity contribution in [3.05, 3.63) is 0 Å². The molecule has 0 bridgehead atoms. The van der Waals surface area contributed by atoms with E-state index >= 15 is 0 Å². The maximum Gasteiger partial charge on any atom is 0.0753 e. The van der Waals surface area contributed by atoms with Crippen LogP contribution in [0.5, 0.6) is 0 Å². The summed E-state index contributed by atoms with van der Waals surface area (Å²) in [7, 11) is 0. The van der Waals surface area contributed by atoms with Crippen molar-refractivity contribution in [2.45, 2.75) is 45.3 Å². The minimum absolute atomic E-state index is 0.0224. The van der Waals surface area contributed by atoms with Crippen molar-refractivity contribution >= 4 is 0 Å². The third kappa shape index (κ3) is 3.95. The molecule has 84 valence electrons. The Kier molecular flexibility index (Phi) is 4.35. The Hall–Kier alpha value is -0.120. The van der Waals surface area contributed by atoms with Gasteiger partial charge in [0.25, 0.3) is 0 Å². The lowest BCUT2D eigenvalue weighted by atomic mass is 10.1. The Bertz CT molecular complexity index is 171. The van der Waals surface area contributed by atoms with Crippen molar-refractivity contribution in [2.75, 3.05) is 26.2 Å². The first-order chi connectivity index (χ1) is 6.53. The molecule has 1 saturated heterocycles. The molecule has 0 aliphatic carbocycles. The van der Waals surface area contributed by atoms with Crippen LogP contribution in [0.15, 0.2) is 0 Å². The molecule has 1 aliphatic rings. The zero-order valence-corrected chi connectivity index (χ0v) is 9.75. The molecule has 0 aromatic rings. The number of ether oxygens (including phenoxy) is 1. The van der Waals surface area contributed by atoms with Crippen molar-refractivity contribution in [3.8, 4) is 0 Å². The second kappa shape index (κ2) is 5.10. The zero-order valence-electron chi connectivity index (χ0n) is 9.75. The lowest BCUT2D eigenvalue weighted by molar-refractivity contribution is -0.0863. The smallest absolute Gasteiger partial charge is 0.0753 e. The minimum Gasteiger partial charge on any atom is -0.373 e. The highest BCUT2D eigenvalue weighted by molar-refractivity contribution is 4.79. The minimum atomic E-state index is 0.0224. The summed E-state index contributed by atoms with van der Waals surface area (Å²) in [6, 6.07) is 0.362. The summed E-state index contributed by atoms with van der Waals surface area (Å²) < 4.78 is 5.66. The molecule has 0 aromatic heterocycles. The first-order valence-electron chi connectivity index (χ1n) is 5.65. The van der Waals surface area contributed by atoms with Gasteiger partial charge in [-0.1, -0.05) is 6.92 Å². The zero-order chi connectivity index (χ0) is 10.6. The van der Waals surface area contributed by atoms with Crippen LogP contribution in [-0.4, -0.2) is 42.8 Å². The third-order valence-corrected chi connectivity index (χ3v) is 2.85. The molecule has 0 saturated carbocycles. The average Bonchev–Trinajstić information content (AvgIpc) is 2.12. The van der Waals surface area contributed by atoms with Gasteiger partial charge in [-0.3, -0.25) is 4.90 Å².